The standard InChI is InChI=1S/C28H24ClNO5/c1-17-5-3-8-21(11-17)30-23-16-35-28(32)27(23)22(14-26(30)31)19-9-10-24(25(13-19)33-2)34-15-18-6-4-7-20(29)12-18/h3-13,22H,14-16H2,1-2H3. The highest BCUT2D eigenvalue weighted by molar-refractivity contribution is 6.30. The summed E-state index contributed by atoms with van der Waals surface area (Å²) in [6.45, 7) is 2.36. The van der Waals surface area contributed by atoms with Crippen LogP contribution in [-0.4, -0.2) is 25.6 Å². The molecule has 2 aliphatic rings. The van der Waals surface area contributed by atoms with Gasteiger partial charge in [0.25, 0.3) is 0 Å². The molecule has 178 valence electrons. The van der Waals surface area contributed by atoms with E-state index in [1.165, 1.54) is 0 Å². The van der Waals surface area contributed by atoms with Gasteiger partial charge < -0.3 is 14.2 Å². The van der Waals surface area contributed by atoms with Crippen molar-refractivity contribution >= 4 is 29.2 Å². The Labute approximate surface area is 208 Å². The van der Waals surface area contributed by atoms with Crippen LogP contribution >= 0.6 is 11.6 Å². The van der Waals surface area contributed by atoms with E-state index in [0.29, 0.717) is 34.4 Å². The zero-order valence-electron chi connectivity index (χ0n) is 19.4. The number of hydrogen-bond donors (Lipinski definition) is 0. The first-order valence-corrected chi connectivity index (χ1v) is 11.7. The monoisotopic (exact) mass is 489 g/mol. The van der Waals surface area contributed by atoms with E-state index in [1.54, 1.807) is 18.1 Å². The van der Waals surface area contributed by atoms with Crippen LogP contribution in [0.3, 0.4) is 0 Å². The summed E-state index contributed by atoms with van der Waals surface area (Å²) in [5.41, 5.74) is 4.61. The maximum Gasteiger partial charge on any atom is 0.336 e. The Morgan fingerprint density at radius 3 is 2.63 bits per heavy atom. The van der Waals surface area contributed by atoms with Gasteiger partial charge in [0, 0.05) is 23.0 Å². The lowest BCUT2D eigenvalue weighted by atomic mass is 9.84. The third-order valence-corrected chi connectivity index (χ3v) is 6.49. The molecule has 0 saturated carbocycles. The molecule has 6 nitrogen and oxygen atoms in total. The summed E-state index contributed by atoms with van der Waals surface area (Å²) in [7, 11) is 1.56. The van der Waals surface area contributed by atoms with Crippen LogP contribution < -0.4 is 14.4 Å². The highest BCUT2D eigenvalue weighted by Gasteiger charge is 2.43. The van der Waals surface area contributed by atoms with E-state index in [9.17, 15) is 9.59 Å². The number of hydrogen-bond acceptors (Lipinski definition) is 5. The SMILES string of the molecule is COc1cc(C2CC(=O)N(c3cccc(C)c3)C3=C2C(=O)OC3)ccc1OCc1cccc(Cl)c1. The fourth-order valence-electron chi connectivity index (χ4n) is 4.61. The molecule has 5 rings (SSSR count). The minimum atomic E-state index is -0.426. The van der Waals surface area contributed by atoms with Gasteiger partial charge in [0.15, 0.2) is 11.5 Å². The number of halogens is 1. The van der Waals surface area contributed by atoms with Gasteiger partial charge in [-0.1, -0.05) is 41.9 Å². The summed E-state index contributed by atoms with van der Waals surface area (Å²) in [6.07, 6.45) is 0.147. The fourth-order valence-corrected chi connectivity index (χ4v) is 4.83. The molecule has 0 radical (unpaired) electrons. The van der Waals surface area contributed by atoms with E-state index in [1.807, 2.05) is 67.6 Å². The maximum atomic E-state index is 13.3. The Bertz CT molecular complexity index is 1350. The van der Waals surface area contributed by atoms with Crippen LogP contribution in [-0.2, 0) is 20.9 Å². The minimum absolute atomic E-state index is 0.0717. The number of amides is 1. The van der Waals surface area contributed by atoms with Crippen molar-refractivity contribution in [3.05, 3.63) is 99.7 Å². The molecule has 0 bridgehead atoms. The summed E-state index contributed by atoms with van der Waals surface area (Å²) < 4.78 is 16.9. The summed E-state index contributed by atoms with van der Waals surface area (Å²) in [6, 6.07) is 20.6. The molecule has 1 atom stereocenters. The zero-order chi connectivity index (χ0) is 24.5. The fraction of sp³-hybridized carbons (Fsp3) is 0.214. The van der Waals surface area contributed by atoms with Crippen LogP contribution in [0.4, 0.5) is 5.69 Å². The van der Waals surface area contributed by atoms with Crippen molar-refractivity contribution in [3.63, 3.8) is 0 Å². The molecule has 0 N–H and O–H groups in total. The molecule has 35 heavy (non-hydrogen) atoms. The first kappa shape index (κ1) is 23.0. The molecular formula is C28H24ClNO5. The predicted molar refractivity (Wildman–Crippen MR) is 133 cm³/mol. The van der Waals surface area contributed by atoms with E-state index in [-0.39, 0.29) is 18.9 Å². The molecule has 0 spiro atoms. The summed E-state index contributed by atoms with van der Waals surface area (Å²) in [5.74, 6) is 0.173. The molecule has 0 aromatic heterocycles. The van der Waals surface area contributed by atoms with Crippen LogP contribution in [0.2, 0.25) is 5.02 Å². The average molecular weight is 490 g/mol. The number of esters is 1. The van der Waals surface area contributed by atoms with Crippen LogP contribution in [0, 0.1) is 6.92 Å². The number of aryl methyl sites for hydroxylation is 1. The lowest BCUT2D eigenvalue weighted by Gasteiger charge is -2.32. The summed E-state index contributed by atoms with van der Waals surface area (Å²) >= 11 is 6.06. The highest BCUT2D eigenvalue weighted by atomic mass is 35.5. The Balaban J connectivity index is 1.46. The second-order valence-electron chi connectivity index (χ2n) is 8.59. The van der Waals surface area contributed by atoms with Crippen molar-refractivity contribution in [2.75, 3.05) is 18.6 Å². The van der Waals surface area contributed by atoms with E-state index in [4.69, 9.17) is 25.8 Å². The lowest BCUT2D eigenvalue weighted by Crippen LogP contribution is -2.37. The molecule has 1 amide bonds. The van der Waals surface area contributed by atoms with Crippen molar-refractivity contribution in [1.82, 2.24) is 0 Å². The lowest BCUT2D eigenvalue weighted by molar-refractivity contribution is -0.136. The van der Waals surface area contributed by atoms with Gasteiger partial charge in [-0.2, -0.15) is 0 Å². The van der Waals surface area contributed by atoms with Gasteiger partial charge >= 0.3 is 5.97 Å². The quantitative estimate of drug-likeness (QED) is 0.424. The predicted octanol–water partition coefficient (Wildman–Crippen LogP) is 5.57. The third kappa shape index (κ3) is 4.49. The Morgan fingerprint density at radius 1 is 1.03 bits per heavy atom. The molecule has 0 saturated heterocycles. The molecule has 3 aromatic carbocycles. The first-order valence-electron chi connectivity index (χ1n) is 11.3. The average Bonchev–Trinajstić information content (AvgIpc) is 3.23. The number of carbonyl (C=O) groups is 2. The number of ether oxygens (including phenoxy) is 3. The van der Waals surface area contributed by atoms with Gasteiger partial charge in [-0.15, -0.1) is 0 Å². The van der Waals surface area contributed by atoms with Gasteiger partial charge in [-0.25, -0.2) is 4.79 Å². The minimum Gasteiger partial charge on any atom is -0.493 e. The van der Waals surface area contributed by atoms with Gasteiger partial charge in [0.1, 0.15) is 13.2 Å². The highest BCUT2D eigenvalue weighted by Crippen LogP contribution is 2.43. The number of rotatable bonds is 6. The smallest absolute Gasteiger partial charge is 0.336 e. The molecule has 7 heteroatoms. The van der Waals surface area contributed by atoms with Crippen LogP contribution in [0.1, 0.15) is 29.0 Å². The van der Waals surface area contributed by atoms with E-state index < -0.39 is 11.9 Å². The maximum absolute atomic E-state index is 13.3. The van der Waals surface area contributed by atoms with Crippen LogP contribution in [0.25, 0.3) is 0 Å². The third-order valence-electron chi connectivity index (χ3n) is 6.25. The van der Waals surface area contributed by atoms with Crippen molar-refractivity contribution < 1.29 is 23.8 Å². The second kappa shape index (κ2) is 9.47. The van der Waals surface area contributed by atoms with Gasteiger partial charge in [0.2, 0.25) is 5.91 Å². The second-order valence-corrected chi connectivity index (χ2v) is 9.03. The van der Waals surface area contributed by atoms with Gasteiger partial charge in [-0.05, 0) is 60.0 Å². The summed E-state index contributed by atoms with van der Waals surface area (Å²) in [4.78, 5) is 27.7. The van der Waals surface area contributed by atoms with E-state index in [0.717, 1.165) is 22.4 Å². The number of methoxy groups -OCH3 is 1. The van der Waals surface area contributed by atoms with Crippen molar-refractivity contribution in [3.8, 4) is 11.5 Å². The van der Waals surface area contributed by atoms with E-state index >= 15 is 0 Å². The number of benzene rings is 3. The number of nitrogens with zero attached hydrogens (tertiary/aromatic N) is 1. The van der Waals surface area contributed by atoms with Crippen molar-refractivity contribution in [2.45, 2.75) is 25.9 Å². The normalized spacial score (nSPS) is 17.3. The molecular weight excluding hydrogens is 466 g/mol. The molecule has 0 aliphatic carbocycles. The Kier molecular flexibility index (Phi) is 6.22. The van der Waals surface area contributed by atoms with E-state index in [2.05, 4.69) is 0 Å². The molecule has 0 fully saturated rings. The Hall–Kier alpha value is -3.77. The van der Waals surface area contributed by atoms with Crippen molar-refractivity contribution in [2.24, 2.45) is 0 Å². The molecule has 3 aromatic rings. The number of anilines is 1. The van der Waals surface area contributed by atoms with Crippen LogP contribution in [0.5, 0.6) is 11.5 Å². The van der Waals surface area contributed by atoms with Gasteiger partial charge in [0.05, 0.1) is 18.4 Å². The Morgan fingerprint density at radius 2 is 1.86 bits per heavy atom. The molecule has 2 aliphatic heterocycles. The topological polar surface area (TPSA) is 65.1 Å². The number of cyclic esters (lactones) is 1. The zero-order valence-corrected chi connectivity index (χ0v) is 20.2. The molecule has 1 unspecified atom stereocenters. The van der Waals surface area contributed by atoms with Crippen molar-refractivity contribution in [1.29, 1.82) is 0 Å². The van der Waals surface area contributed by atoms with Crippen LogP contribution in [0.15, 0.2) is 78.0 Å². The molecule has 2 heterocycles. The summed E-state index contributed by atoms with van der Waals surface area (Å²) in [5, 5.41) is 0.641. The largest absolute Gasteiger partial charge is 0.493 e. The van der Waals surface area contributed by atoms with Gasteiger partial charge in [-0.3, -0.25) is 9.69 Å². The number of carbonyl (C=O) groups excluding carboxylic acids is 2. The first-order chi connectivity index (χ1) is 16.9.